The number of amides is 1. The molecular formula is C13H20N4O4. The average molecular weight is 296 g/mol. The second kappa shape index (κ2) is 6.66. The minimum absolute atomic E-state index is 0.0602. The van der Waals surface area contributed by atoms with Gasteiger partial charge < -0.3 is 20.5 Å². The number of carbonyl (C=O) groups excluding carboxylic acids is 1. The Labute approximate surface area is 122 Å². The molecule has 0 aromatic carbocycles. The van der Waals surface area contributed by atoms with Crippen LogP contribution in [-0.4, -0.2) is 38.9 Å². The summed E-state index contributed by atoms with van der Waals surface area (Å²) in [5.41, 5.74) is -0.218. The molecule has 1 aromatic rings. The predicted molar refractivity (Wildman–Crippen MR) is 74.5 cm³/mol. The number of aliphatic hydroxyl groups excluding tert-OH is 1. The van der Waals surface area contributed by atoms with Crippen molar-refractivity contribution in [2.45, 2.75) is 38.6 Å². The number of nitrogens with zero attached hydrogens (tertiary/aromatic N) is 3. The Balaban J connectivity index is 1.84. The Hall–Kier alpha value is -1.96. The summed E-state index contributed by atoms with van der Waals surface area (Å²) in [5.74, 6) is -0.534. The van der Waals surface area contributed by atoms with Crippen molar-refractivity contribution in [1.29, 1.82) is 0 Å². The average Bonchev–Trinajstić information content (AvgIpc) is 2.95. The van der Waals surface area contributed by atoms with Crippen LogP contribution in [0.4, 0.5) is 5.82 Å². The van der Waals surface area contributed by atoms with Gasteiger partial charge in [0.25, 0.3) is 0 Å². The molecule has 1 saturated carbocycles. The molecule has 2 N–H and O–H groups in total. The van der Waals surface area contributed by atoms with Crippen LogP contribution < -0.4 is 5.32 Å². The third kappa shape index (κ3) is 4.01. The van der Waals surface area contributed by atoms with Crippen LogP contribution in [0.2, 0.25) is 0 Å². The van der Waals surface area contributed by atoms with Gasteiger partial charge in [-0.05, 0) is 17.8 Å². The van der Waals surface area contributed by atoms with E-state index in [0.717, 1.165) is 25.7 Å². The van der Waals surface area contributed by atoms with E-state index in [0.29, 0.717) is 6.54 Å². The van der Waals surface area contributed by atoms with Gasteiger partial charge in [0.15, 0.2) is 0 Å². The summed E-state index contributed by atoms with van der Waals surface area (Å²) >= 11 is 0. The van der Waals surface area contributed by atoms with Crippen molar-refractivity contribution < 1.29 is 14.8 Å². The Morgan fingerprint density at radius 2 is 2.19 bits per heavy atom. The molecule has 1 aromatic heterocycles. The molecule has 0 spiro atoms. The van der Waals surface area contributed by atoms with E-state index in [1.165, 1.54) is 23.4 Å². The fourth-order valence-corrected chi connectivity index (χ4v) is 2.72. The van der Waals surface area contributed by atoms with Crippen molar-refractivity contribution in [3.63, 3.8) is 0 Å². The van der Waals surface area contributed by atoms with E-state index in [1.54, 1.807) is 0 Å². The molecule has 2 rings (SSSR count). The number of nitro groups is 1. The van der Waals surface area contributed by atoms with Crippen molar-refractivity contribution in [2.24, 2.45) is 5.41 Å². The second-order valence-electron chi connectivity index (χ2n) is 5.62. The zero-order chi connectivity index (χ0) is 15.3. The van der Waals surface area contributed by atoms with Crippen LogP contribution in [0.1, 0.15) is 32.1 Å². The molecule has 116 valence electrons. The number of rotatable bonds is 6. The smallest absolute Gasteiger partial charge is 0.389 e. The summed E-state index contributed by atoms with van der Waals surface area (Å²) < 4.78 is 1.24. The summed E-state index contributed by atoms with van der Waals surface area (Å²) in [5, 5.41) is 26.6. The summed E-state index contributed by atoms with van der Waals surface area (Å²) in [6.45, 7) is 0.446. The monoisotopic (exact) mass is 296 g/mol. The third-order valence-electron chi connectivity index (χ3n) is 4.03. The van der Waals surface area contributed by atoms with Crippen LogP contribution in [0.15, 0.2) is 12.3 Å². The number of hydrogen-bond acceptors (Lipinski definition) is 5. The number of hydrogen-bond donors (Lipinski definition) is 2. The van der Waals surface area contributed by atoms with E-state index in [-0.39, 0.29) is 30.3 Å². The van der Waals surface area contributed by atoms with Gasteiger partial charge in [-0.25, -0.2) is 0 Å². The lowest BCUT2D eigenvalue weighted by molar-refractivity contribution is -0.389. The Morgan fingerprint density at radius 1 is 1.48 bits per heavy atom. The molecule has 21 heavy (non-hydrogen) atoms. The molecule has 0 radical (unpaired) electrons. The van der Waals surface area contributed by atoms with Crippen molar-refractivity contribution >= 4 is 11.7 Å². The minimum Gasteiger partial charge on any atom is -0.396 e. The van der Waals surface area contributed by atoms with E-state index in [1.807, 2.05) is 0 Å². The molecule has 0 unspecified atom stereocenters. The lowest BCUT2D eigenvalue weighted by Crippen LogP contribution is -2.42. The van der Waals surface area contributed by atoms with Gasteiger partial charge in [0.05, 0.1) is 24.0 Å². The van der Waals surface area contributed by atoms with Gasteiger partial charge >= 0.3 is 5.82 Å². The molecule has 1 amide bonds. The van der Waals surface area contributed by atoms with Crippen LogP contribution in [-0.2, 0) is 11.3 Å². The van der Waals surface area contributed by atoms with Gasteiger partial charge in [0.2, 0.25) is 5.91 Å². The van der Waals surface area contributed by atoms with Gasteiger partial charge in [-0.2, -0.15) is 4.68 Å². The van der Waals surface area contributed by atoms with Crippen molar-refractivity contribution in [2.75, 3.05) is 13.2 Å². The van der Waals surface area contributed by atoms with E-state index in [9.17, 15) is 20.0 Å². The quantitative estimate of drug-likeness (QED) is 0.597. The van der Waals surface area contributed by atoms with Gasteiger partial charge in [-0.3, -0.25) is 4.79 Å². The number of aromatic nitrogens is 2. The first-order valence-electron chi connectivity index (χ1n) is 7.10. The molecule has 0 bridgehead atoms. The lowest BCUT2D eigenvalue weighted by atomic mass is 9.74. The zero-order valence-electron chi connectivity index (χ0n) is 11.8. The second-order valence-corrected chi connectivity index (χ2v) is 5.62. The molecule has 1 aliphatic rings. The van der Waals surface area contributed by atoms with Crippen LogP contribution in [0.25, 0.3) is 0 Å². The molecule has 1 heterocycles. The molecule has 0 aliphatic heterocycles. The summed E-state index contributed by atoms with van der Waals surface area (Å²) in [4.78, 5) is 21.8. The predicted octanol–water partition coefficient (Wildman–Crippen LogP) is 0.850. The van der Waals surface area contributed by atoms with E-state index in [2.05, 4.69) is 10.4 Å². The SMILES string of the molecule is O=C(Cn1ccc([N+](=O)[O-])n1)NCC1(CO)CCCCC1. The first-order valence-corrected chi connectivity index (χ1v) is 7.10. The Morgan fingerprint density at radius 3 is 2.76 bits per heavy atom. The summed E-state index contributed by atoms with van der Waals surface area (Å²) in [7, 11) is 0. The highest BCUT2D eigenvalue weighted by molar-refractivity contribution is 5.75. The lowest BCUT2D eigenvalue weighted by Gasteiger charge is -2.35. The fraction of sp³-hybridized carbons (Fsp3) is 0.692. The van der Waals surface area contributed by atoms with E-state index in [4.69, 9.17) is 0 Å². The largest absolute Gasteiger partial charge is 0.396 e. The van der Waals surface area contributed by atoms with Crippen LogP contribution >= 0.6 is 0 Å². The molecule has 0 saturated heterocycles. The first-order chi connectivity index (χ1) is 10.0. The Kier molecular flexibility index (Phi) is 4.89. The maximum Gasteiger partial charge on any atom is 0.389 e. The van der Waals surface area contributed by atoms with Gasteiger partial charge in [-0.15, -0.1) is 0 Å². The highest BCUT2D eigenvalue weighted by Gasteiger charge is 2.31. The van der Waals surface area contributed by atoms with E-state index < -0.39 is 4.92 Å². The molecule has 0 atom stereocenters. The minimum atomic E-state index is -0.600. The standard InChI is InChI=1S/C13H20N4O4/c18-10-13(5-2-1-3-6-13)9-14-12(19)8-16-7-4-11(15-16)17(20)21/h4,7,18H,1-3,5-6,8-10H2,(H,14,19). The molecular weight excluding hydrogens is 276 g/mol. The zero-order valence-corrected chi connectivity index (χ0v) is 11.8. The number of carbonyl (C=O) groups is 1. The van der Waals surface area contributed by atoms with Crippen LogP contribution in [0.5, 0.6) is 0 Å². The maximum absolute atomic E-state index is 11.9. The van der Waals surface area contributed by atoms with E-state index >= 15 is 0 Å². The van der Waals surface area contributed by atoms with Crippen molar-refractivity contribution in [3.8, 4) is 0 Å². The van der Waals surface area contributed by atoms with Crippen LogP contribution in [0, 0.1) is 15.5 Å². The van der Waals surface area contributed by atoms with Crippen molar-refractivity contribution in [3.05, 3.63) is 22.4 Å². The van der Waals surface area contributed by atoms with Gasteiger partial charge in [0.1, 0.15) is 6.54 Å². The molecule has 1 aliphatic carbocycles. The first kappa shape index (κ1) is 15.4. The van der Waals surface area contributed by atoms with Crippen LogP contribution in [0.3, 0.4) is 0 Å². The highest BCUT2D eigenvalue weighted by Crippen LogP contribution is 2.35. The molecule has 1 fully saturated rings. The van der Waals surface area contributed by atoms with Crippen molar-refractivity contribution in [1.82, 2.24) is 15.1 Å². The molecule has 8 heteroatoms. The molecule has 8 nitrogen and oxygen atoms in total. The fourth-order valence-electron chi connectivity index (χ4n) is 2.72. The summed E-state index contributed by atoms with van der Waals surface area (Å²) in [6.07, 6.45) is 6.55. The topological polar surface area (TPSA) is 110 Å². The number of nitrogens with one attached hydrogen (secondary N) is 1. The highest BCUT2D eigenvalue weighted by atomic mass is 16.6. The number of aliphatic hydroxyl groups is 1. The normalized spacial score (nSPS) is 17.4. The van der Waals surface area contributed by atoms with Gasteiger partial charge in [-0.1, -0.05) is 19.3 Å². The van der Waals surface area contributed by atoms with Gasteiger partial charge in [0, 0.05) is 12.0 Å². The Bertz CT molecular complexity index is 508. The third-order valence-corrected chi connectivity index (χ3v) is 4.03. The summed E-state index contributed by atoms with van der Waals surface area (Å²) in [6, 6.07) is 1.25. The maximum atomic E-state index is 11.9.